The SMILES string of the molecule is O=C(O)Cc1ccc(N2C(=O)CCC2c2ccccc2)cc1. The summed E-state index contributed by atoms with van der Waals surface area (Å²) in [4.78, 5) is 24.8. The molecule has 1 unspecified atom stereocenters. The van der Waals surface area contributed by atoms with E-state index in [1.807, 2.05) is 47.4 Å². The van der Waals surface area contributed by atoms with Crippen molar-refractivity contribution in [3.8, 4) is 0 Å². The van der Waals surface area contributed by atoms with Crippen LogP contribution in [0.4, 0.5) is 5.69 Å². The number of rotatable bonds is 4. The lowest BCUT2D eigenvalue weighted by Gasteiger charge is -2.25. The number of nitrogens with zero attached hydrogens (tertiary/aromatic N) is 1. The number of carbonyl (C=O) groups excluding carboxylic acids is 1. The third kappa shape index (κ3) is 2.86. The molecule has 1 amide bonds. The van der Waals surface area contributed by atoms with E-state index >= 15 is 0 Å². The molecule has 0 radical (unpaired) electrons. The summed E-state index contributed by atoms with van der Waals surface area (Å²) in [6, 6.07) is 17.3. The maximum atomic E-state index is 12.3. The van der Waals surface area contributed by atoms with Crippen molar-refractivity contribution in [2.45, 2.75) is 25.3 Å². The van der Waals surface area contributed by atoms with Crippen LogP contribution in [-0.4, -0.2) is 17.0 Å². The van der Waals surface area contributed by atoms with Crippen LogP contribution < -0.4 is 4.90 Å². The summed E-state index contributed by atoms with van der Waals surface area (Å²) in [5, 5.41) is 8.82. The zero-order chi connectivity index (χ0) is 15.5. The standard InChI is InChI=1S/C18H17NO3/c20-17-11-10-16(14-4-2-1-3-5-14)19(17)15-8-6-13(7-9-15)12-18(21)22/h1-9,16H,10-12H2,(H,21,22). The van der Waals surface area contributed by atoms with E-state index in [0.29, 0.717) is 6.42 Å². The second-order valence-electron chi connectivity index (χ2n) is 5.47. The van der Waals surface area contributed by atoms with Gasteiger partial charge in [-0.15, -0.1) is 0 Å². The first kappa shape index (κ1) is 14.3. The molecule has 1 fully saturated rings. The number of aliphatic carboxylic acids is 1. The molecule has 0 bridgehead atoms. The van der Waals surface area contributed by atoms with Gasteiger partial charge in [-0.25, -0.2) is 0 Å². The van der Waals surface area contributed by atoms with E-state index in [-0.39, 0.29) is 18.4 Å². The molecule has 22 heavy (non-hydrogen) atoms. The Labute approximate surface area is 129 Å². The Balaban J connectivity index is 1.88. The first-order chi connectivity index (χ1) is 10.6. The molecule has 2 aromatic rings. The van der Waals surface area contributed by atoms with Gasteiger partial charge in [0.2, 0.25) is 5.91 Å². The normalized spacial score (nSPS) is 17.7. The molecule has 4 nitrogen and oxygen atoms in total. The Morgan fingerprint density at radius 2 is 1.77 bits per heavy atom. The zero-order valence-electron chi connectivity index (χ0n) is 12.1. The smallest absolute Gasteiger partial charge is 0.307 e. The fraction of sp³-hybridized carbons (Fsp3) is 0.222. The van der Waals surface area contributed by atoms with Gasteiger partial charge in [0, 0.05) is 12.1 Å². The van der Waals surface area contributed by atoms with Crippen molar-refractivity contribution < 1.29 is 14.7 Å². The maximum Gasteiger partial charge on any atom is 0.307 e. The zero-order valence-corrected chi connectivity index (χ0v) is 12.1. The Morgan fingerprint density at radius 1 is 1.09 bits per heavy atom. The van der Waals surface area contributed by atoms with Crippen LogP contribution in [-0.2, 0) is 16.0 Å². The molecule has 1 atom stereocenters. The van der Waals surface area contributed by atoms with E-state index < -0.39 is 5.97 Å². The van der Waals surface area contributed by atoms with Crippen molar-refractivity contribution in [3.63, 3.8) is 0 Å². The highest BCUT2D eigenvalue weighted by molar-refractivity contribution is 5.96. The maximum absolute atomic E-state index is 12.3. The minimum Gasteiger partial charge on any atom is -0.481 e. The molecule has 1 aliphatic rings. The van der Waals surface area contributed by atoms with Gasteiger partial charge in [-0.2, -0.15) is 0 Å². The monoisotopic (exact) mass is 295 g/mol. The number of carbonyl (C=O) groups is 2. The third-order valence-corrected chi connectivity index (χ3v) is 3.97. The molecular formula is C18H17NO3. The first-order valence-electron chi connectivity index (χ1n) is 7.33. The van der Waals surface area contributed by atoms with E-state index in [4.69, 9.17) is 5.11 Å². The second kappa shape index (κ2) is 6.02. The summed E-state index contributed by atoms with van der Waals surface area (Å²) >= 11 is 0. The van der Waals surface area contributed by atoms with Crippen LogP contribution in [0.15, 0.2) is 54.6 Å². The van der Waals surface area contributed by atoms with Gasteiger partial charge in [-0.3, -0.25) is 9.59 Å². The van der Waals surface area contributed by atoms with Gasteiger partial charge < -0.3 is 10.0 Å². The molecule has 1 heterocycles. The fourth-order valence-electron chi connectivity index (χ4n) is 2.95. The Bertz CT molecular complexity index is 679. The molecule has 2 aromatic carbocycles. The van der Waals surface area contributed by atoms with E-state index in [9.17, 15) is 9.59 Å². The molecule has 0 spiro atoms. The molecule has 3 rings (SSSR count). The van der Waals surface area contributed by atoms with Crippen LogP contribution in [0.25, 0.3) is 0 Å². The second-order valence-corrected chi connectivity index (χ2v) is 5.47. The minimum atomic E-state index is -0.854. The summed E-state index contributed by atoms with van der Waals surface area (Å²) in [5.74, 6) is -0.744. The van der Waals surface area contributed by atoms with Gasteiger partial charge in [-0.05, 0) is 29.7 Å². The molecule has 4 heteroatoms. The average molecular weight is 295 g/mol. The molecule has 0 saturated carbocycles. The van der Waals surface area contributed by atoms with Crippen LogP contribution in [0.3, 0.4) is 0 Å². The summed E-state index contributed by atoms with van der Waals surface area (Å²) < 4.78 is 0. The number of hydrogen-bond acceptors (Lipinski definition) is 2. The van der Waals surface area contributed by atoms with Gasteiger partial charge in [0.25, 0.3) is 0 Å². The van der Waals surface area contributed by atoms with Gasteiger partial charge in [0.05, 0.1) is 12.5 Å². The first-order valence-corrected chi connectivity index (χ1v) is 7.33. The summed E-state index contributed by atoms with van der Waals surface area (Å²) in [6.45, 7) is 0. The Hall–Kier alpha value is -2.62. The summed E-state index contributed by atoms with van der Waals surface area (Å²) in [7, 11) is 0. The largest absolute Gasteiger partial charge is 0.481 e. The molecular weight excluding hydrogens is 278 g/mol. The Morgan fingerprint density at radius 3 is 2.41 bits per heavy atom. The third-order valence-electron chi connectivity index (χ3n) is 3.97. The highest BCUT2D eigenvalue weighted by atomic mass is 16.4. The molecule has 0 aliphatic carbocycles. The van der Waals surface area contributed by atoms with Crippen LogP contribution in [0.1, 0.15) is 30.0 Å². The predicted molar refractivity (Wildman–Crippen MR) is 83.7 cm³/mol. The summed E-state index contributed by atoms with van der Waals surface area (Å²) in [5.41, 5.74) is 2.69. The lowest BCUT2D eigenvalue weighted by molar-refractivity contribution is -0.136. The van der Waals surface area contributed by atoms with E-state index in [1.165, 1.54) is 0 Å². The van der Waals surface area contributed by atoms with Gasteiger partial charge >= 0.3 is 5.97 Å². The highest BCUT2D eigenvalue weighted by Gasteiger charge is 2.32. The van der Waals surface area contributed by atoms with Crippen LogP contribution >= 0.6 is 0 Å². The van der Waals surface area contributed by atoms with Crippen LogP contribution in [0.5, 0.6) is 0 Å². The van der Waals surface area contributed by atoms with E-state index in [1.54, 1.807) is 12.1 Å². The van der Waals surface area contributed by atoms with E-state index in [0.717, 1.165) is 23.2 Å². The minimum absolute atomic E-state index is 0.00363. The predicted octanol–water partition coefficient (Wildman–Crippen LogP) is 3.18. The molecule has 112 valence electrons. The number of anilines is 1. The number of amides is 1. The van der Waals surface area contributed by atoms with Crippen molar-refractivity contribution >= 4 is 17.6 Å². The lowest BCUT2D eigenvalue weighted by atomic mass is 10.0. The molecule has 1 N–H and O–H groups in total. The molecule has 1 aliphatic heterocycles. The highest BCUT2D eigenvalue weighted by Crippen LogP contribution is 2.36. The van der Waals surface area contributed by atoms with Crippen LogP contribution in [0.2, 0.25) is 0 Å². The van der Waals surface area contributed by atoms with Crippen molar-refractivity contribution in [2.24, 2.45) is 0 Å². The van der Waals surface area contributed by atoms with Crippen molar-refractivity contribution in [1.29, 1.82) is 0 Å². The quantitative estimate of drug-likeness (QED) is 0.942. The van der Waals surface area contributed by atoms with Gasteiger partial charge in [-0.1, -0.05) is 42.5 Å². The van der Waals surface area contributed by atoms with Crippen molar-refractivity contribution in [1.82, 2.24) is 0 Å². The average Bonchev–Trinajstić information content (AvgIpc) is 2.90. The molecule has 0 aromatic heterocycles. The number of carboxylic acids is 1. The number of carboxylic acid groups (broad SMARTS) is 1. The van der Waals surface area contributed by atoms with Crippen LogP contribution in [0, 0.1) is 0 Å². The van der Waals surface area contributed by atoms with Crippen molar-refractivity contribution in [3.05, 3.63) is 65.7 Å². The fourth-order valence-corrected chi connectivity index (χ4v) is 2.95. The van der Waals surface area contributed by atoms with Gasteiger partial charge in [0.15, 0.2) is 0 Å². The Kier molecular flexibility index (Phi) is 3.92. The molecule has 1 saturated heterocycles. The summed E-state index contributed by atoms with van der Waals surface area (Å²) in [6.07, 6.45) is 1.34. The van der Waals surface area contributed by atoms with Crippen molar-refractivity contribution in [2.75, 3.05) is 4.90 Å². The number of benzene rings is 2. The lowest BCUT2D eigenvalue weighted by Crippen LogP contribution is -2.27. The topological polar surface area (TPSA) is 57.6 Å². The number of hydrogen-bond donors (Lipinski definition) is 1. The van der Waals surface area contributed by atoms with Gasteiger partial charge in [0.1, 0.15) is 0 Å². The van der Waals surface area contributed by atoms with E-state index in [2.05, 4.69) is 0 Å².